The van der Waals surface area contributed by atoms with E-state index in [9.17, 15) is 13.2 Å². The molecule has 3 rings (SSSR count). The number of hydrogen-bond donors (Lipinski definition) is 3. The number of carbonyl (C=O) groups is 1. The fraction of sp³-hybridized carbons (Fsp3) is 0. The average Bonchev–Trinajstić information content (AvgIpc) is 2.68. The van der Waals surface area contributed by atoms with E-state index < -0.39 is 10.0 Å². The Morgan fingerprint density at radius 2 is 1.66 bits per heavy atom. The predicted molar refractivity (Wildman–Crippen MR) is 115 cm³/mol. The third kappa shape index (κ3) is 5.89. The van der Waals surface area contributed by atoms with Crippen LogP contribution in [0.15, 0.2) is 82.8 Å². The highest BCUT2D eigenvalue weighted by Crippen LogP contribution is 2.15. The molecule has 0 aliphatic heterocycles. The molecular formula is C20H17ClN4O3S. The lowest BCUT2D eigenvalue weighted by Gasteiger charge is -2.06. The van der Waals surface area contributed by atoms with Crippen LogP contribution >= 0.6 is 11.6 Å². The van der Waals surface area contributed by atoms with Gasteiger partial charge in [-0.25, -0.2) is 13.6 Å². The van der Waals surface area contributed by atoms with E-state index in [0.717, 1.165) is 5.56 Å². The van der Waals surface area contributed by atoms with E-state index in [-0.39, 0.29) is 10.8 Å². The molecule has 4 N–H and O–H groups in total. The predicted octanol–water partition coefficient (Wildman–Crippen LogP) is 3.69. The molecule has 0 heterocycles. The molecule has 0 saturated carbocycles. The Morgan fingerprint density at radius 1 is 0.966 bits per heavy atom. The van der Waals surface area contributed by atoms with Gasteiger partial charge in [-0.05, 0) is 66.2 Å². The van der Waals surface area contributed by atoms with Gasteiger partial charge in [-0.15, -0.1) is 0 Å². The monoisotopic (exact) mass is 428 g/mol. The lowest BCUT2D eigenvalue weighted by molar-refractivity contribution is 0.102. The number of amides is 1. The normalized spacial score (nSPS) is 11.4. The minimum absolute atomic E-state index is 0.0242. The number of anilines is 2. The fourth-order valence-corrected chi connectivity index (χ4v) is 3.04. The van der Waals surface area contributed by atoms with Crippen LogP contribution in [-0.4, -0.2) is 20.5 Å². The molecule has 0 atom stereocenters. The van der Waals surface area contributed by atoms with E-state index in [4.69, 9.17) is 16.7 Å². The molecule has 7 nitrogen and oxygen atoms in total. The van der Waals surface area contributed by atoms with E-state index in [1.165, 1.54) is 12.1 Å². The molecule has 0 radical (unpaired) electrons. The molecule has 3 aromatic rings. The minimum Gasteiger partial charge on any atom is -0.322 e. The quantitative estimate of drug-likeness (QED) is 0.410. The molecule has 9 heteroatoms. The van der Waals surface area contributed by atoms with Gasteiger partial charge in [0.2, 0.25) is 10.0 Å². The van der Waals surface area contributed by atoms with E-state index >= 15 is 0 Å². The van der Waals surface area contributed by atoms with Crippen molar-refractivity contribution >= 4 is 45.1 Å². The number of benzene rings is 3. The lowest BCUT2D eigenvalue weighted by Crippen LogP contribution is -2.11. The van der Waals surface area contributed by atoms with Crippen LogP contribution in [0.5, 0.6) is 0 Å². The van der Waals surface area contributed by atoms with Crippen LogP contribution in [-0.2, 0) is 10.0 Å². The first-order valence-electron chi connectivity index (χ1n) is 8.40. The van der Waals surface area contributed by atoms with E-state index in [1.54, 1.807) is 60.8 Å². The fourth-order valence-electron chi connectivity index (χ4n) is 2.40. The molecule has 0 aliphatic carbocycles. The maximum absolute atomic E-state index is 12.3. The molecule has 0 spiro atoms. The Morgan fingerprint density at radius 3 is 2.31 bits per heavy atom. The summed E-state index contributed by atoms with van der Waals surface area (Å²) in [7, 11) is -3.73. The van der Waals surface area contributed by atoms with Gasteiger partial charge in [-0.3, -0.25) is 10.2 Å². The van der Waals surface area contributed by atoms with Gasteiger partial charge in [0.15, 0.2) is 0 Å². The maximum Gasteiger partial charge on any atom is 0.255 e. The Kier molecular flexibility index (Phi) is 6.28. The van der Waals surface area contributed by atoms with E-state index in [0.29, 0.717) is 22.0 Å². The number of rotatable bonds is 6. The van der Waals surface area contributed by atoms with Crippen molar-refractivity contribution in [3.05, 3.63) is 88.9 Å². The van der Waals surface area contributed by atoms with Crippen LogP contribution in [0.4, 0.5) is 11.4 Å². The molecule has 0 unspecified atom stereocenters. The summed E-state index contributed by atoms with van der Waals surface area (Å²) in [5.74, 6) is -0.246. The lowest BCUT2D eigenvalue weighted by atomic mass is 10.2. The molecule has 29 heavy (non-hydrogen) atoms. The second kappa shape index (κ2) is 8.87. The van der Waals surface area contributed by atoms with Crippen molar-refractivity contribution in [2.45, 2.75) is 4.90 Å². The molecule has 0 fully saturated rings. The molecule has 1 amide bonds. The molecule has 3 aromatic carbocycles. The molecule has 0 aromatic heterocycles. The summed E-state index contributed by atoms with van der Waals surface area (Å²) in [6, 6.07) is 19.6. The van der Waals surface area contributed by atoms with E-state index in [1.807, 2.05) is 6.07 Å². The van der Waals surface area contributed by atoms with Crippen LogP contribution in [0.1, 0.15) is 15.9 Å². The number of halogens is 1. The standard InChI is InChI=1S/C20H17ClN4O3S/c21-16-6-4-15(5-7-16)20(26)24-18-3-1-2-14(12-18)13-23-25-17-8-10-19(11-9-17)29(22,27)28/h1-13,25H,(H,24,26)(H2,22,27,28)/b23-13+. The average molecular weight is 429 g/mol. The van der Waals surface area contributed by atoms with Crippen LogP contribution in [0, 0.1) is 0 Å². The van der Waals surface area contributed by atoms with Crippen molar-refractivity contribution < 1.29 is 13.2 Å². The summed E-state index contributed by atoms with van der Waals surface area (Å²) in [5, 5.41) is 12.5. The number of nitrogens with two attached hydrogens (primary N) is 1. The zero-order valence-electron chi connectivity index (χ0n) is 15.0. The van der Waals surface area contributed by atoms with Gasteiger partial charge in [0.25, 0.3) is 5.91 Å². The smallest absolute Gasteiger partial charge is 0.255 e. The first-order valence-corrected chi connectivity index (χ1v) is 10.3. The molecule has 0 saturated heterocycles. The third-order valence-corrected chi connectivity index (χ3v) is 5.02. The number of primary sulfonamides is 1. The van der Waals surface area contributed by atoms with Crippen molar-refractivity contribution in [2.75, 3.05) is 10.7 Å². The Bertz CT molecular complexity index is 1150. The zero-order chi connectivity index (χ0) is 20.9. The van der Waals surface area contributed by atoms with Crippen LogP contribution < -0.4 is 15.9 Å². The first kappa shape index (κ1) is 20.5. The van der Waals surface area contributed by atoms with Crippen LogP contribution in [0.3, 0.4) is 0 Å². The van der Waals surface area contributed by atoms with Crippen LogP contribution in [0.2, 0.25) is 5.02 Å². The van der Waals surface area contributed by atoms with Crippen molar-refractivity contribution in [3.63, 3.8) is 0 Å². The van der Waals surface area contributed by atoms with Crippen molar-refractivity contribution in [1.82, 2.24) is 0 Å². The third-order valence-electron chi connectivity index (χ3n) is 3.84. The Hall–Kier alpha value is -3.20. The van der Waals surface area contributed by atoms with Crippen molar-refractivity contribution in [3.8, 4) is 0 Å². The number of hydrogen-bond acceptors (Lipinski definition) is 5. The van der Waals surface area contributed by atoms with Gasteiger partial charge in [0.05, 0.1) is 16.8 Å². The molecule has 148 valence electrons. The summed E-state index contributed by atoms with van der Waals surface area (Å²) >= 11 is 5.83. The second-order valence-corrected chi connectivity index (χ2v) is 8.02. The highest BCUT2D eigenvalue weighted by atomic mass is 35.5. The van der Waals surface area contributed by atoms with Crippen molar-refractivity contribution in [1.29, 1.82) is 0 Å². The number of carbonyl (C=O) groups excluding carboxylic acids is 1. The maximum atomic E-state index is 12.3. The summed E-state index contributed by atoms with van der Waals surface area (Å²) < 4.78 is 22.5. The number of hydrazone groups is 1. The number of nitrogens with zero attached hydrogens (tertiary/aromatic N) is 1. The largest absolute Gasteiger partial charge is 0.322 e. The Labute approximate surface area is 173 Å². The molecular weight excluding hydrogens is 412 g/mol. The topological polar surface area (TPSA) is 114 Å². The molecule has 0 aliphatic rings. The van der Waals surface area contributed by atoms with Gasteiger partial charge in [0, 0.05) is 16.3 Å². The highest BCUT2D eigenvalue weighted by Gasteiger charge is 2.07. The van der Waals surface area contributed by atoms with E-state index in [2.05, 4.69) is 15.8 Å². The summed E-state index contributed by atoms with van der Waals surface area (Å²) in [6.45, 7) is 0. The van der Waals surface area contributed by atoms with Crippen LogP contribution in [0.25, 0.3) is 0 Å². The summed E-state index contributed by atoms with van der Waals surface area (Å²) in [6.07, 6.45) is 1.57. The zero-order valence-corrected chi connectivity index (χ0v) is 16.6. The van der Waals surface area contributed by atoms with Gasteiger partial charge in [-0.2, -0.15) is 5.10 Å². The van der Waals surface area contributed by atoms with Gasteiger partial charge >= 0.3 is 0 Å². The second-order valence-electron chi connectivity index (χ2n) is 6.03. The highest BCUT2D eigenvalue weighted by molar-refractivity contribution is 7.89. The number of nitrogens with one attached hydrogen (secondary N) is 2. The number of sulfonamides is 1. The van der Waals surface area contributed by atoms with Gasteiger partial charge in [0.1, 0.15) is 0 Å². The minimum atomic E-state index is -3.73. The summed E-state index contributed by atoms with van der Waals surface area (Å²) in [5.41, 5.74) is 5.27. The van der Waals surface area contributed by atoms with Crippen molar-refractivity contribution in [2.24, 2.45) is 10.2 Å². The van der Waals surface area contributed by atoms with Gasteiger partial charge in [-0.1, -0.05) is 23.7 Å². The molecule has 0 bridgehead atoms. The first-order chi connectivity index (χ1) is 13.8. The SMILES string of the molecule is NS(=O)(=O)c1ccc(N/N=C/c2cccc(NC(=O)c3ccc(Cl)cc3)c2)cc1. The Balaban J connectivity index is 1.63. The summed E-state index contributed by atoms with van der Waals surface area (Å²) in [4.78, 5) is 12.3. The van der Waals surface area contributed by atoms with Gasteiger partial charge < -0.3 is 5.32 Å².